The third-order valence-corrected chi connectivity index (χ3v) is 3.47. The van der Waals surface area contributed by atoms with Gasteiger partial charge in [0.25, 0.3) is 0 Å². The van der Waals surface area contributed by atoms with Gasteiger partial charge in [0, 0.05) is 24.8 Å². The van der Waals surface area contributed by atoms with Crippen LogP contribution in [0.4, 0.5) is 0 Å². The van der Waals surface area contributed by atoms with Crippen LogP contribution in [0.2, 0.25) is 0 Å². The van der Waals surface area contributed by atoms with Gasteiger partial charge in [-0.3, -0.25) is 0 Å². The van der Waals surface area contributed by atoms with Crippen molar-refractivity contribution >= 4 is 0 Å². The largest absolute Gasteiger partial charge is 0.327 e. The summed E-state index contributed by atoms with van der Waals surface area (Å²) >= 11 is 0. The second-order valence-electron chi connectivity index (χ2n) is 4.93. The summed E-state index contributed by atoms with van der Waals surface area (Å²) in [7, 11) is 0. The summed E-state index contributed by atoms with van der Waals surface area (Å²) in [6, 6.07) is 0. The zero-order valence-corrected chi connectivity index (χ0v) is 12.1. The van der Waals surface area contributed by atoms with E-state index in [2.05, 4.69) is 10.4 Å². The fourth-order valence-corrected chi connectivity index (χ4v) is 2.30. The maximum absolute atomic E-state index is 10.2. The fourth-order valence-electron chi connectivity index (χ4n) is 2.30. The fraction of sp³-hybridized carbons (Fsp3) is 0.125. The molecule has 0 saturated carbocycles. The van der Waals surface area contributed by atoms with Crippen molar-refractivity contribution in [1.29, 1.82) is 0 Å². The Hall–Kier alpha value is -3.06. The van der Waals surface area contributed by atoms with Gasteiger partial charge in [-0.1, -0.05) is 0 Å². The van der Waals surface area contributed by atoms with E-state index >= 15 is 0 Å². The molecule has 0 fully saturated rings. The van der Waals surface area contributed by atoms with E-state index in [0.29, 0.717) is 0 Å². The lowest BCUT2D eigenvalue weighted by atomic mass is 10.2. The molecule has 3 heterocycles. The predicted molar refractivity (Wildman–Crippen MR) is 85.8 cm³/mol. The molecule has 3 aliphatic heterocycles. The second-order valence-corrected chi connectivity index (χ2v) is 4.93. The summed E-state index contributed by atoms with van der Waals surface area (Å²) in [4.78, 5) is 24.2. The molecule has 3 rings (SSSR count). The van der Waals surface area contributed by atoms with E-state index in [0.717, 1.165) is 11.1 Å². The zero-order chi connectivity index (χ0) is 16.1. The number of nitroso groups, excluding NO2 is 2. The summed E-state index contributed by atoms with van der Waals surface area (Å²) in [5.74, 6) is 0. The average molecular weight is 310 g/mol. The van der Waals surface area contributed by atoms with Crippen molar-refractivity contribution in [2.75, 3.05) is 0 Å². The molecule has 3 aliphatic rings. The van der Waals surface area contributed by atoms with Crippen LogP contribution in [-0.4, -0.2) is 22.3 Å². The number of allylic oxidation sites excluding steroid dienone is 6. The van der Waals surface area contributed by atoms with Crippen molar-refractivity contribution in [2.45, 2.75) is 12.5 Å². The molecule has 7 nitrogen and oxygen atoms in total. The maximum Gasteiger partial charge on any atom is 0.155 e. The molecule has 0 radical (unpaired) electrons. The normalized spacial score (nSPS) is 25.2. The third kappa shape index (κ3) is 3.41. The molecule has 0 N–H and O–H groups in total. The van der Waals surface area contributed by atoms with Crippen LogP contribution >= 0.6 is 0 Å². The van der Waals surface area contributed by atoms with Crippen LogP contribution in [0, 0.1) is 9.81 Å². The van der Waals surface area contributed by atoms with Gasteiger partial charge in [-0.15, -0.1) is 9.81 Å². The second kappa shape index (κ2) is 6.80. The van der Waals surface area contributed by atoms with Gasteiger partial charge >= 0.3 is 0 Å². The highest BCUT2D eigenvalue weighted by molar-refractivity contribution is 5.35. The molecule has 0 saturated heterocycles. The Morgan fingerprint density at radius 2 is 1.17 bits per heavy atom. The average Bonchev–Trinajstić information content (AvgIpc) is 3.07. The molecule has 2 unspecified atom stereocenters. The summed E-state index contributed by atoms with van der Waals surface area (Å²) in [5, 5.41) is 5.49. The van der Waals surface area contributed by atoms with Gasteiger partial charge in [-0.05, 0) is 58.0 Å². The highest BCUT2D eigenvalue weighted by Gasteiger charge is 2.25. The van der Waals surface area contributed by atoms with Crippen molar-refractivity contribution in [3.05, 3.63) is 94.6 Å². The van der Waals surface area contributed by atoms with E-state index < -0.39 is 0 Å². The number of hydrogen-bond acceptors (Lipinski definition) is 7. The summed E-state index contributed by atoms with van der Waals surface area (Å²) in [5.41, 5.74) is 1.47. The quantitative estimate of drug-likeness (QED) is 0.589. The Labute approximate surface area is 132 Å². The standard InChI is InChI=1S/C16H14N4O3/c21-17-11-13-3-7-19(8-4-13)15-1-2-16(23-15)20-9-5-14(6-10-20)12-18-22/h1-12,15-16H. The van der Waals surface area contributed by atoms with E-state index in [9.17, 15) is 9.81 Å². The highest BCUT2D eigenvalue weighted by atomic mass is 16.5. The monoisotopic (exact) mass is 310 g/mol. The first-order valence-corrected chi connectivity index (χ1v) is 6.97. The molecule has 116 valence electrons. The minimum absolute atomic E-state index is 0.228. The lowest BCUT2D eigenvalue weighted by molar-refractivity contribution is -0.0443. The van der Waals surface area contributed by atoms with Gasteiger partial charge in [-0.25, -0.2) is 0 Å². The number of ether oxygens (including phenoxy) is 1. The van der Waals surface area contributed by atoms with Crippen molar-refractivity contribution in [3.63, 3.8) is 0 Å². The van der Waals surface area contributed by atoms with Crippen molar-refractivity contribution in [2.24, 2.45) is 10.4 Å². The smallest absolute Gasteiger partial charge is 0.155 e. The first-order valence-electron chi connectivity index (χ1n) is 6.97. The molecule has 2 atom stereocenters. The minimum atomic E-state index is -0.228. The van der Waals surface area contributed by atoms with Crippen LogP contribution in [0.25, 0.3) is 0 Å². The van der Waals surface area contributed by atoms with Gasteiger partial charge in [0.1, 0.15) is 0 Å². The van der Waals surface area contributed by atoms with Crippen LogP contribution in [-0.2, 0) is 4.74 Å². The van der Waals surface area contributed by atoms with Gasteiger partial charge in [0.05, 0.1) is 12.4 Å². The zero-order valence-electron chi connectivity index (χ0n) is 12.1. The van der Waals surface area contributed by atoms with E-state index in [-0.39, 0.29) is 12.5 Å². The molecule has 7 heteroatoms. The van der Waals surface area contributed by atoms with E-state index in [4.69, 9.17) is 4.74 Å². The molecule has 0 aromatic carbocycles. The van der Waals surface area contributed by atoms with E-state index in [1.807, 2.05) is 46.8 Å². The molecule has 23 heavy (non-hydrogen) atoms. The van der Waals surface area contributed by atoms with Gasteiger partial charge in [0.2, 0.25) is 0 Å². The molecule has 0 aromatic heterocycles. The summed E-state index contributed by atoms with van der Waals surface area (Å²) in [6.07, 6.45) is 20.4. The topological polar surface area (TPSA) is 74.6 Å². The van der Waals surface area contributed by atoms with Crippen molar-refractivity contribution in [1.82, 2.24) is 9.80 Å². The number of nitrogens with zero attached hydrogens (tertiary/aromatic N) is 4. The SMILES string of the molecule is O=NC=C1C=CN(C2C=CC(N3C=CC(=CN=O)C=C3)O2)C=C1. The molecule has 0 bridgehead atoms. The van der Waals surface area contributed by atoms with Gasteiger partial charge in [-0.2, -0.15) is 0 Å². The van der Waals surface area contributed by atoms with Crippen molar-refractivity contribution < 1.29 is 4.74 Å². The van der Waals surface area contributed by atoms with Crippen molar-refractivity contribution in [3.8, 4) is 0 Å². The Kier molecular flexibility index (Phi) is 4.39. The summed E-state index contributed by atoms with van der Waals surface area (Å²) < 4.78 is 5.96. The minimum Gasteiger partial charge on any atom is -0.327 e. The molecule has 0 spiro atoms. The molecular formula is C16H14N4O3. The Balaban J connectivity index is 1.60. The number of hydrogen-bond donors (Lipinski definition) is 0. The maximum atomic E-state index is 10.2. The van der Waals surface area contributed by atoms with Crippen LogP contribution in [0.15, 0.2) is 95.2 Å². The molecule has 0 amide bonds. The van der Waals surface area contributed by atoms with Crippen LogP contribution in [0.1, 0.15) is 0 Å². The van der Waals surface area contributed by atoms with Crippen LogP contribution in [0.3, 0.4) is 0 Å². The lowest BCUT2D eigenvalue weighted by Crippen LogP contribution is -2.33. The van der Waals surface area contributed by atoms with E-state index in [1.54, 1.807) is 24.3 Å². The Bertz CT molecular complexity index is 610. The predicted octanol–water partition coefficient (Wildman–Crippen LogP) is 3.21. The van der Waals surface area contributed by atoms with Gasteiger partial charge in [0.15, 0.2) is 12.5 Å². The third-order valence-electron chi connectivity index (χ3n) is 3.47. The highest BCUT2D eigenvalue weighted by Crippen LogP contribution is 2.24. The molecule has 0 aliphatic carbocycles. The first kappa shape index (κ1) is 14.9. The van der Waals surface area contributed by atoms with E-state index in [1.165, 1.54) is 12.4 Å². The first-order chi connectivity index (χ1) is 11.3. The summed E-state index contributed by atoms with van der Waals surface area (Å²) in [6.45, 7) is 0. The van der Waals surface area contributed by atoms with Crippen LogP contribution < -0.4 is 0 Å². The Morgan fingerprint density at radius 1 is 0.783 bits per heavy atom. The van der Waals surface area contributed by atoms with Gasteiger partial charge < -0.3 is 14.5 Å². The molecular weight excluding hydrogens is 296 g/mol. The molecule has 0 aromatic rings. The lowest BCUT2D eigenvalue weighted by Gasteiger charge is -2.29. The number of rotatable bonds is 4. The van der Waals surface area contributed by atoms with Crippen LogP contribution in [0.5, 0.6) is 0 Å². The Morgan fingerprint density at radius 3 is 1.52 bits per heavy atom.